The summed E-state index contributed by atoms with van der Waals surface area (Å²) < 4.78 is 5.00. The van der Waals surface area contributed by atoms with Crippen LogP contribution in [0.1, 0.15) is 26.5 Å². The van der Waals surface area contributed by atoms with Crippen molar-refractivity contribution >= 4 is 34.8 Å². The predicted molar refractivity (Wildman–Crippen MR) is 99.3 cm³/mol. The number of thiazole rings is 1. The van der Waals surface area contributed by atoms with Crippen molar-refractivity contribution in [2.75, 3.05) is 25.5 Å². The quantitative estimate of drug-likeness (QED) is 0.783. The summed E-state index contributed by atoms with van der Waals surface area (Å²) in [6, 6.07) is 5.71. The largest absolute Gasteiger partial charge is 0.451 e. The van der Waals surface area contributed by atoms with Crippen molar-refractivity contribution in [1.82, 2.24) is 9.88 Å². The second-order valence-corrected chi connectivity index (χ2v) is 6.76. The zero-order valence-corrected chi connectivity index (χ0v) is 16.0. The number of hydrogen-bond acceptors (Lipinski definition) is 6. The lowest BCUT2D eigenvalue weighted by atomic mass is 10.1. The molecular formula is C18H21N3O4S. The monoisotopic (exact) mass is 375 g/mol. The number of likely N-dealkylation sites (N-methyl/N-ethyl adjacent to an activating group) is 1. The molecule has 0 aliphatic carbocycles. The summed E-state index contributed by atoms with van der Waals surface area (Å²) in [5.41, 5.74) is 4.74. The topological polar surface area (TPSA) is 88.6 Å². The fraction of sp³-hybridized carbons (Fsp3) is 0.333. The fourth-order valence-corrected chi connectivity index (χ4v) is 2.99. The van der Waals surface area contributed by atoms with Crippen LogP contribution in [0.4, 0.5) is 5.69 Å². The van der Waals surface area contributed by atoms with Gasteiger partial charge in [0.05, 0.1) is 17.7 Å². The number of amides is 2. The summed E-state index contributed by atoms with van der Waals surface area (Å²) in [5.74, 6) is -1.37. The number of carbonyl (C=O) groups is 3. The van der Waals surface area contributed by atoms with Crippen LogP contribution < -0.4 is 5.32 Å². The zero-order valence-electron chi connectivity index (χ0n) is 15.2. The van der Waals surface area contributed by atoms with Gasteiger partial charge in [0.15, 0.2) is 6.61 Å². The number of hydrogen-bond donors (Lipinski definition) is 1. The summed E-state index contributed by atoms with van der Waals surface area (Å²) in [5, 5.41) is 2.81. The molecule has 0 aliphatic heterocycles. The van der Waals surface area contributed by atoms with Crippen LogP contribution in [0.25, 0.3) is 0 Å². The van der Waals surface area contributed by atoms with Gasteiger partial charge in [-0.2, -0.15) is 0 Å². The SMILES string of the molecule is Cc1cccc(C)c1NC(=O)CN(C)C(=O)COC(=O)c1scnc1C. The molecular weight excluding hydrogens is 354 g/mol. The smallest absolute Gasteiger partial charge is 0.350 e. The number of ether oxygens (including phenoxy) is 1. The van der Waals surface area contributed by atoms with Crippen LogP contribution in [0.5, 0.6) is 0 Å². The van der Waals surface area contributed by atoms with Crippen LogP contribution in [-0.2, 0) is 14.3 Å². The molecule has 8 heteroatoms. The highest BCUT2D eigenvalue weighted by molar-refractivity contribution is 7.11. The third-order valence-electron chi connectivity index (χ3n) is 3.81. The molecule has 0 atom stereocenters. The third-order valence-corrected chi connectivity index (χ3v) is 4.72. The Morgan fingerprint density at radius 2 is 1.85 bits per heavy atom. The molecule has 0 fully saturated rings. The average molecular weight is 375 g/mol. The summed E-state index contributed by atoms with van der Waals surface area (Å²) >= 11 is 1.16. The Morgan fingerprint density at radius 1 is 1.19 bits per heavy atom. The van der Waals surface area contributed by atoms with Gasteiger partial charge in [0.25, 0.3) is 5.91 Å². The highest BCUT2D eigenvalue weighted by Gasteiger charge is 2.18. The number of benzene rings is 1. The molecule has 2 rings (SSSR count). The van der Waals surface area contributed by atoms with E-state index in [1.54, 1.807) is 6.92 Å². The van der Waals surface area contributed by atoms with Crippen LogP contribution in [0, 0.1) is 20.8 Å². The summed E-state index contributed by atoms with van der Waals surface area (Å²) in [6.07, 6.45) is 0. The predicted octanol–water partition coefficient (Wildman–Crippen LogP) is 2.32. The van der Waals surface area contributed by atoms with Crippen molar-refractivity contribution in [3.63, 3.8) is 0 Å². The van der Waals surface area contributed by atoms with Crippen LogP contribution in [0.15, 0.2) is 23.7 Å². The first-order chi connectivity index (χ1) is 12.3. The highest BCUT2D eigenvalue weighted by atomic mass is 32.1. The number of anilines is 1. The molecule has 0 saturated heterocycles. The normalized spacial score (nSPS) is 10.3. The molecule has 0 saturated carbocycles. The van der Waals surface area contributed by atoms with Crippen molar-refractivity contribution in [2.45, 2.75) is 20.8 Å². The summed E-state index contributed by atoms with van der Waals surface area (Å²) in [7, 11) is 1.48. The van der Waals surface area contributed by atoms with Crippen LogP contribution >= 0.6 is 11.3 Å². The maximum atomic E-state index is 12.2. The van der Waals surface area contributed by atoms with Crippen molar-refractivity contribution in [3.05, 3.63) is 45.4 Å². The molecule has 26 heavy (non-hydrogen) atoms. The number of esters is 1. The number of carbonyl (C=O) groups excluding carboxylic acids is 3. The van der Waals surface area contributed by atoms with Crippen LogP contribution in [0.2, 0.25) is 0 Å². The maximum Gasteiger partial charge on any atom is 0.350 e. The third kappa shape index (κ3) is 4.89. The Bertz CT molecular complexity index is 811. The molecule has 0 radical (unpaired) electrons. The molecule has 0 aliphatic rings. The van der Waals surface area contributed by atoms with E-state index >= 15 is 0 Å². The van der Waals surface area contributed by atoms with E-state index in [1.165, 1.54) is 17.5 Å². The highest BCUT2D eigenvalue weighted by Crippen LogP contribution is 2.19. The van der Waals surface area contributed by atoms with E-state index in [1.807, 2.05) is 32.0 Å². The average Bonchev–Trinajstić information content (AvgIpc) is 3.01. The Kier molecular flexibility index (Phi) is 6.46. The van der Waals surface area contributed by atoms with E-state index in [0.717, 1.165) is 28.2 Å². The number of para-hydroxylation sites is 1. The fourth-order valence-electron chi connectivity index (χ4n) is 2.30. The van der Waals surface area contributed by atoms with Gasteiger partial charge >= 0.3 is 5.97 Å². The van der Waals surface area contributed by atoms with Gasteiger partial charge in [-0.25, -0.2) is 9.78 Å². The molecule has 1 N–H and O–H groups in total. The molecule has 0 spiro atoms. The lowest BCUT2D eigenvalue weighted by molar-refractivity contribution is -0.136. The molecule has 2 amide bonds. The van der Waals surface area contributed by atoms with Crippen LogP contribution in [0.3, 0.4) is 0 Å². The van der Waals surface area contributed by atoms with Crippen molar-refractivity contribution in [1.29, 1.82) is 0 Å². The molecule has 1 heterocycles. The van der Waals surface area contributed by atoms with Gasteiger partial charge in [0.1, 0.15) is 4.88 Å². The first-order valence-electron chi connectivity index (χ1n) is 7.96. The molecule has 138 valence electrons. The van der Waals surface area contributed by atoms with Gasteiger partial charge in [-0.1, -0.05) is 18.2 Å². The van der Waals surface area contributed by atoms with Gasteiger partial charge in [0.2, 0.25) is 5.91 Å². The second kappa shape index (κ2) is 8.57. The minimum Gasteiger partial charge on any atom is -0.451 e. The van der Waals surface area contributed by atoms with Crippen molar-refractivity contribution in [2.24, 2.45) is 0 Å². The number of aryl methyl sites for hydroxylation is 3. The minimum atomic E-state index is -0.591. The molecule has 7 nitrogen and oxygen atoms in total. The summed E-state index contributed by atoms with van der Waals surface area (Å²) in [4.78, 5) is 41.7. The van der Waals surface area contributed by atoms with E-state index in [0.29, 0.717) is 10.6 Å². The van der Waals surface area contributed by atoms with Gasteiger partial charge < -0.3 is 15.0 Å². The van der Waals surface area contributed by atoms with E-state index in [-0.39, 0.29) is 12.5 Å². The Labute approximate surface area is 156 Å². The number of nitrogens with zero attached hydrogens (tertiary/aromatic N) is 2. The van der Waals surface area contributed by atoms with Gasteiger partial charge in [0, 0.05) is 12.7 Å². The standard InChI is InChI=1S/C18H21N3O4S/c1-11-6-5-7-12(2)16(11)20-14(22)8-21(4)15(23)9-25-18(24)17-13(3)19-10-26-17/h5-7,10H,8-9H2,1-4H3,(H,20,22). The van der Waals surface area contributed by atoms with Gasteiger partial charge in [-0.3, -0.25) is 9.59 Å². The first-order valence-corrected chi connectivity index (χ1v) is 8.84. The van der Waals surface area contributed by atoms with Crippen molar-refractivity contribution < 1.29 is 19.1 Å². The molecule has 0 bridgehead atoms. The van der Waals surface area contributed by atoms with E-state index < -0.39 is 18.5 Å². The van der Waals surface area contributed by atoms with Gasteiger partial charge in [-0.05, 0) is 31.9 Å². The molecule has 0 unspecified atom stereocenters. The Balaban J connectivity index is 1.85. The van der Waals surface area contributed by atoms with Crippen molar-refractivity contribution in [3.8, 4) is 0 Å². The Morgan fingerprint density at radius 3 is 2.42 bits per heavy atom. The van der Waals surface area contributed by atoms with E-state index in [4.69, 9.17) is 4.74 Å². The minimum absolute atomic E-state index is 0.135. The number of rotatable bonds is 6. The van der Waals surface area contributed by atoms with Crippen LogP contribution in [-0.4, -0.2) is 47.9 Å². The molecule has 2 aromatic rings. The molecule has 1 aromatic carbocycles. The number of aromatic nitrogens is 1. The zero-order chi connectivity index (χ0) is 19.3. The molecule has 1 aromatic heterocycles. The summed E-state index contributed by atoms with van der Waals surface area (Å²) in [6.45, 7) is 4.93. The number of nitrogens with one attached hydrogen (secondary N) is 1. The Hall–Kier alpha value is -2.74. The lowest BCUT2D eigenvalue weighted by Gasteiger charge is -2.18. The van der Waals surface area contributed by atoms with E-state index in [9.17, 15) is 14.4 Å². The lowest BCUT2D eigenvalue weighted by Crippen LogP contribution is -2.37. The first kappa shape index (κ1) is 19.6. The van der Waals surface area contributed by atoms with E-state index in [2.05, 4.69) is 10.3 Å². The van der Waals surface area contributed by atoms with Gasteiger partial charge in [-0.15, -0.1) is 11.3 Å². The maximum absolute atomic E-state index is 12.2. The second-order valence-electron chi connectivity index (χ2n) is 5.91.